The molecule has 0 spiro atoms. The lowest BCUT2D eigenvalue weighted by atomic mass is 10.1. The SMILES string of the molecule is CCn1ccc(NCCc2c(F)cccc2F)n1. The molecule has 0 fully saturated rings. The molecule has 0 saturated carbocycles. The highest BCUT2D eigenvalue weighted by molar-refractivity contribution is 5.32. The van der Waals surface area contributed by atoms with Crippen LogP contribution in [0.1, 0.15) is 12.5 Å². The zero-order valence-electron chi connectivity index (χ0n) is 10.2. The normalized spacial score (nSPS) is 10.6. The van der Waals surface area contributed by atoms with Gasteiger partial charge in [-0.15, -0.1) is 0 Å². The summed E-state index contributed by atoms with van der Waals surface area (Å²) in [6.45, 7) is 3.23. The molecule has 0 unspecified atom stereocenters. The van der Waals surface area contributed by atoms with Crippen molar-refractivity contribution in [2.45, 2.75) is 19.9 Å². The highest BCUT2D eigenvalue weighted by Crippen LogP contribution is 2.13. The summed E-state index contributed by atoms with van der Waals surface area (Å²) in [5, 5.41) is 7.26. The highest BCUT2D eigenvalue weighted by Gasteiger charge is 2.07. The third-order valence-electron chi connectivity index (χ3n) is 2.71. The fraction of sp³-hybridized carbons (Fsp3) is 0.308. The van der Waals surface area contributed by atoms with Crippen molar-refractivity contribution in [3.63, 3.8) is 0 Å². The van der Waals surface area contributed by atoms with Gasteiger partial charge < -0.3 is 5.32 Å². The van der Waals surface area contributed by atoms with Gasteiger partial charge in [-0.1, -0.05) is 6.07 Å². The number of nitrogens with zero attached hydrogens (tertiary/aromatic N) is 2. The lowest BCUT2D eigenvalue weighted by Crippen LogP contribution is -2.08. The Hall–Kier alpha value is -1.91. The van der Waals surface area contributed by atoms with Crippen LogP contribution in [0.2, 0.25) is 0 Å². The smallest absolute Gasteiger partial charge is 0.147 e. The Morgan fingerprint density at radius 2 is 1.94 bits per heavy atom. The molecule has 0 aliphatic carbocycles. The van der Waals surface area contributed by atoms with E-state index in [1.54, 1.807) is 4.68 Å². The summed E-state index contributed by atoms with van der Waals surface area (Å²) >= 11 is 0. The Kier molecular flexibility index (Phi) is 3.92. The minimum absolute atomic E-state index is 0.111. The standard InChI is InChI=1S/C13H15F2N3/c1-2-18-9-7-13(17-18)16-8-6-10-11(14)4-3-5-12(10)15/h3-5,7,9H,2,6,8H2,1H3,(H,16,17). The molecule has 0 radical (unpaired) electrons. The Morgan fingerprint density at radius 3 is 2.56 bits per heavy atom. The maximum absolute atomic E-state index is 13.3. The summed E-state index contributed by atoms with van der Waals surface area (Å²) < 4.78 is 28.5. The van der Waals surface area contributed by atoms with Gasteiger partial charge in [-0.2, -0.15) is 5.10 Å². The fourth-order valence-corrected chi connectivity index (χ4v) is 1.72. The molecule has 0 aliphatic rings. The van der Waals surface area contributed by atoms with Crippen LogP contribution in [0.3, 0.4) is 0 Å². The van der Waals surface area contributed by atoms with Crippen molar-refractivity contribution < 1.29 is 8.78 Å². The molecule has 96 valence electrons. The molecule has 1 aromatic carbocycles. The maximum atomic E-state index is 13.3. The van der Waals surface area contributed by atoms with Gasteiger partial charge in [0, 0.05) is 30.9 Å². The summed E-state index contributed by atoms with van der Waals surface area (Å²) in [5.41, 5.74) is 0.111. The van der Waals surface area contributed by atoms with Crippen LogP contribution < -0.4 is 5.32 Å². The first kappa shape index (κ1) is 12.5. The van der Waals surface area contributed by atoms with E-state index in [-0.39, 0.29) is 12.0 Å². The second-order valence-electron chi connectivity index (χ2n) is 3.93. The average Bonchev–Trinajstić information content (AvgIpc) is 2.81. The predicted octanol–water partition coefficient (Wildman–Crippen LogP) is 2.84. The van der Waals surface area contributed by atoms with E-state index in [9.17, 15) is 8.78 Å². The molecule has 0 amide bonds. The van der Waals surface area contributed by atoms with E-state index in [4.69, 9.17) is 0 Å². The number of nitrogens with one attached hydrogen (secondary N) is 1. The van der Waals surface area contributed by atoms with Crippen LogP contribution >= 0.6 is 0 Å². The summed E-state index contributed by atoms with van der Waals surface area (Å²) in [5.74, 6) is -0.291. The number of rotatable bonds is 5. The number of anilines is 1. The monoisotopic (exact) mass is 251 g/mol. The van der Waals surface area contributed by atoms with Gasteiger partial charge in [-0.25, -0.2) is 8.78 Å². The number of hydrogen-bond donors (Lipinski definition) is 1. The van der Waals surface area contributed by atoms with Crippen molar-refractivity contribution in [2.24, 2.45) is 0 Å². The number of halogens is 2. The van der Waals surface area contributed by atoms with E-state index in [1.165, 1.54) is 18.2 Å². The highest BCUT2D eigenvalue weighted by atomic mass is 19.1. The second-order valence-corrected chi connectivity index (χ2v) is 3.93. The van der Waals surface area contributed by atoms with Crippen LogP contribution in [0.25, 0.3) is 0 Å². The van der Waals surface area contributed by atoms with Gasteiger partial charge in [0.1, 0.15) is 17.5 Å². The second kappa shape index (κ2) is 5.62. The molecule has 1 N–H and O–H groups in total. The van der Waals surface area contributed by atoms with E-state index in [0.29, 0.717) is 12.4 Å². The molecule has 0 bridgehead atoms. The lowest BCUT2D eigenvalue weighted by Gasteiger charge is -2.05. The molecule has 3 nitrogen and oxygen atoms in total. The van der Waals surface area contributed by atoms with Crippen LogP contribution in [-0.4, -0.2) is 16.3 Å². The van der Waals surface area contributed by atoms with E-state index in [1.807, 2.05) is 19.2 Å². The molecule has 2 aromatic rings. The minimum Gasteiger partial charge on any atom is -0.368 e. The first-order valence-corrected chi connectivity index (χ1v) is 5.91. The number of aryl methyl sites for hydroxylation is 1. The molecule has 0 aliphatic heterocycles. The third-order valence-corrected chi connectivity index (χ3v) is 2.71. The molecule has 0 saturated heterocycles. The first-order chi connectivity index (χ1) is 8.70. The van der Waals surface area contributed by atoms with Gasteiger partial charge in [0.15, 0.2) is 0 Å². The maximum Gasteiger partial charge on any atom is 0.147 e. The van der Waals surface area contributed by atoms with Crippen LogP contribution in [-0.2, 0) is 13.0 Å². The van der Waals surface area contributed by atoms with Crippen LogP contribution in [0.4, 0.5) is 14.6 Å². The van der Waals surface area contributed by atoms with E-state index in [0.717, 1.165) is 6.54 Å². The van der Waals surface area contributed by atoms with Crippen molar-refractivity contribution in [2.75, 3.05) is 11.9 Å². The summed E-state index contributed by atoms with van der Waals surface area (Å²) in [6, 6.07) is 5.74. The molecular formula is C13H15F2N3. The van der Waals surface area contributed by atoms with Crippen molar-refractivity contribution in [1.82, 2.24) is 9.78 Å². The Balaban J connectivity index is 1.92. The summed E-state index contributed by atoms with van der Waals surface area (Å²) in [7, 11) is 0. The Morgan fingerprint density at radius 1 is 1.22 bits per heavy atom. The zero-order valence-corrected chi connectivity index (χ0v) is 10.2. The van der Waals surface area contributed by atoms with Crippen molar-refractivity contribution in [3.8, 4) is 0 Å². The summed E-state index contributed by atoms with van der Waals surface area (Å²) in [4.78, 5) is 0. The molecule has 5 heteroatoms. The third kappa shape index (κ3) is 2.85. The van der Waals surface area contributed by atoms with Crippen LogP contribution in [0.5, 0.6) is 0 Å². The van der Waals surface area contributed by atoms with Crippen molar-refractivity contribution >= 4 is 5.82 Å². The Labute approximate surface area is 104 Å². The fourth-order valence-electron chi connectivity index (χ4n) is 1.72. The van der Waals surface area contributed by atoms with Gasteiger partial charge in [0.2, 0.25) is 0 Å². The summed E-state index contributed by atoms with van der Waals surface area (Å²) in [6.07, 6.45) is 2.14. The van der Waals surface area contributed by atoms with Gasteiger partial charge in [0.05, 0.1) is 0 Å². The molecular weight excluding hydrogens is 236 g/mol. The van der Waals surface area contributed by atoms with Gasteiger partial charge in [0.25, 0.3) is 0 Å². The quantitative estimate of drug-likeness (QED) is 0.885. The topological polar surface area (TPSA) is 29.9 Å². The van der Waals surface area contributed by atoms with E-state index >= 15 is 0 Å². The number of aromatic nitrogens is 2. The molecule has 18 heavy (non-hydrogen) atoms. The number of hydrogen-bond acceptors (Lipinski definition) is 2. The minimum atomic E-state index is -0.504. The van der Waals surface area contributed by atoms with Gasteiger partial charge >= 0.3 is 0 Å². The van der Waals surface area contributed by atoms with Crippen LogP contribution in [0.15, 0.2) is 30.5 Å². The zero-order chi connectivity index (χ0) is 13.0. The largest absolute Gasteiger partial charge is 0.368 e. The first-order valence-electron chi connectivity index (χ1n) is 5.91. The number of benzene rings is 1. The lowest BCUT2D eigenvalue weighted by molar-refractivity contribution is 0.557. The van der Waals surface area contributed by atoms with Crippen molar-refractivity contribution in [1.29, 1.82) is 0 Å². The molecule has 1 heterocycles. The van der Waals surface area contributed by atoms with Gasteiger partial charge in [-0.05, 0) is 25.5 Å². The van der Waals surface area contributed by atoms with Crippen LogP contribution in [0, 0.1) is 11.6 Å². The van der Waals surface area contributed by atoms with E-state index in [2.05, 4.69) is 10.4 Å². The molecule has 1 aromatic heterocycles. The Bertz CT molecular complexity index is 502. The van der Waals surface area contributed by atoms with Gasteiger partial charge in [-0.3, -0.25) is 4.68 Å². The average molecular weight is 251 g/mol. The van der Waals surface area contributed by atoms with Crippen molar-refractivity contribution in [3.05, 3.63) is 47.7 Å². The van der Waals surface area contributed by atoms with E-state index < -0.39 is 11.6 Å². The molecule has 2 rings (SSSR count). The molecule has 0 atom stereocenters. The predicted molar refractivity (Wildman–Crippen MR) is 66.5 cm³/mol.